The zero-order valence-electron chi connectivity index (χ0n) is 45.5. The lowest BCUT2D eigenvalue weighted by Crippen LogP contribution is -2.45. The fourth-order valence-corrected chi connectivity index (χ4v) is 8.03. The number of carbonyl (C=O) groups is 1. The second-order valence-electron chi connectivity index (χ2n) is 19.6. The molecule has 0 aliphatic rings. The van der Waals surface area contributed by atoms with Crippen molar-refractivity contribution in [3.8, 4) is 0 Å². The third-order valence-corrected chi connectivity index (χ3v) is 12.6. The summed E-state index contributed by atoms with van der Waals surface area (Å²) in [4.78, 5) is 23.2. The van der Waals surface area contributed by atoms with E-state index in [2.05, 4.69) is 129 Å². The molecular weight excluding hydrogens is 888 g/mol. The van der Waals surface area contributed by atoms with E-state index in [-0.39, 0.29) is 19.1 Å². The van der Waals surface area contributed by atoms with Gasteiger partial charge in [0.05, 0.1) is 39.9 Å². The minimum atomic E-state index is -4.36. The molecule has 0 aromatic carbocycles. The molecule has 0 aromatic heterocycles. The van der Waals surface area contributed by atoms with Crippen LogP contribution in [0.25, 0.3) is 0 Å². The van der Waals surface area contributed by atoms with Crippen molar-refractivity contribution in [3.63, 3.8) is 0 Å². The van der Waals surface area contributed by atoms with Crippen LogP contribution in [0.5, 0.6) is 0 Å². The van der Waals surface area contributed by atoms with Crippen LogP contribution in [0.15, 0.2) is 122 Å². The van der Waals surface area contributed by atoms with E-state index in [1.54, 1.807) is 6.08 Å². The smallest absolute Gasteiger partial charge is 0.387 e. The molecule has 0 heterocycles. The van der Waals surface area contributed by atoms with Crippen LogP contribution in [0.1, 0.15) is 206 Å². The lowest BCUT2D eigenvalue weighted by atomic mass is 10.0. The molecule has 3 N–H and O–H groups in total. The Labute approximate surface area is 431 Å². The second-order valence-corrected chi connectivity index (χ2v) is 21.0. The van der Waals surface area contributed by atoms with E-state index in [9.17, 15) is 19.4 Å². The number of carbonyl (C=O) groups excluding carboxylic acids is 1. The lowest BCUT2D eigenvalue weighted by Gasteiger charge is -2.25. The van der Waals surface area contributed by atoms with E-state index < -0.39 is 20.0 Å². The number of phosphoric ester groups is 1. The molecule has 3 unspecified atom stereocenters. The van der Waals surface area contributed by atoms with Gasteiger partial charge in [0.25, 0.3) is 0 Å². The van der Waals surface area contributed by atoms with Crippen LogP contribution in [-0.2, 0) is 18.4 Å². The van der Waals surface area contributed by atoms with Crippen LogP contribution < -0.4 is 5.32 Å². The normalized spacial score (nSPS) is 14.9. The van der Waals surface area contributed by atoms with Gasteiger partial charge in [-0.1, -0.05) is 225 Å². The fourth-order valence-electron chi connectivity index (χ4n) is 7.30. The number of unbranched alkanes of at least 4 members (excludes halogenated alkanes) is 18. The lowest BCUT2D eigenvalue weighted by molar-refractivity contribution is -0.870. The summed E-state index contributed by atoms with van der Waals surface area (Å²) in [6.45, 7) is 4.57. The topological polar surface area (TPSA) is 105 Å². The summed E-state index contributed by atoms with van der Waals surface area (Å²) in [5.74, 6) is -0.198. The molecule has 0 aromatic rings. The Bertz CT molecular complexity index is 1550. The van der Waals surface area contributed by atoms with Crippen molar-refractivity contribution in [1.29, 1.82) is 0 Å². The highest BCUT2D eigenvalue weighted by molar-refractivity contribution is 7.47. The number of rotatable bonds is 49. The van der Waals surface area contributed by atoms with Gasteiger partial charge in [0.15, 0.2) is 0 Å². The highest BCUT2D eigenvalue weighted by atomic mass is 31.2. The number of phosphoric acid groups is 1. The zero-order chi connectivity index (χ0) is 51.3. The Kier molecular flexibility index (Phi) is 48.6. The van der Waals surface area contributed by atoms with Gasteiger partial charge in [-0.2, -0.15) is 0 Å². The molecule has 0 saturated heterocycles. The van der Waals surface area contributed by atoms with Gasteiger partial charge in [-0.25, -0.2) is 4.57 Å². The molecule has 0 spiro atoms. The van der Waals surface area contributed by atoms with Crippen molar-refractivity contribution < 1.29 is 32.9 Å². The Morgan fingerprint density at radius 3 is 1.30 bits per heavy atom. The number of hydrogen-bond acceptors (Lipinski definition) is 5. The van der Waals surface area contributed by atoms with E-state index in [4.69, 9.17) is 9.05 Å². The van der Waals surface area contributed by atoms with E-state index in [0.29, 0.717) is 17.4 Å². The van der Waals surface area contributed by atoms with Gasteiger partial charge in [-0.3, -0.25) is 13.8 Å². The quantitative estimate of drug-likeness (QED) is 0.0243. The fraction of sp³-hybridized carbons (Fsp3) is 0.656. The number of hydrogen-bond donors (Lipinski definition) is 3. The average molecular weight is 995 g/mol. The van der Waals surface area contributed by atoms with Gasteiger partial charge in [0.2, 0.25) is 5.91 Å². The molecule has 0 aliphatic carbocycles. The number of nitrogens with zero attached hydrogens (tertiary/aromatic N) is 1. The van der Waals surface area contributed by atoms with Crippen LogP contribution in [0, 0.1) is 0 Å². The first kappa shape index (κ1) is 66.9. The summed E-state index contributed by atoms with van der Waals surface area (Å²) < 4.78 is 23.6. The van der Waals surface area contributed by atoms with Crippen LogP contribution in [-0.4, -0.2) is 73.4 Å². The molecule has 0 aliphatic heterocycles. The van der Waals surface area contributed by atoms with Gasteiger partial charge < -0.3 is 19.8 Å². The largest absolute Gasteiger partial charge is 0.472 e. The molecule has 400 valence electrons. The number of amides is 1. The summed E-state index contributed by atoms with van der Waals surface area (Å²) >= 11 is 0. The van der Waals surface area contributed by atoms with Crippen LogP contribution >= 0.6 is 7.82 Å². The monoisotopic (exact) mass is 994 g/mol. The van der Waals surface area contributed by atoms with E-state index in [0.717, 1.165) is 96.3 Å². The highest BCUT2D eigenvalue weighted by Gasteiger charge is 2.27. The number of likely N-dealkylation sites (N-methyl/N-ethyl adjacent to an activating group) is 1. The van der Waals surface area contributed by atoms with Gasteiger partial charge in [-0.15, -0.1) is 0 Å². The van der Waals surface area contributed by atoms with Crippen molar-refractivity contribution in [2.75, 3.05) is 40.9 Å². The number of nitrogens with one attached hydrogen (secondary N) is 1. The maximum absolute atomic E-state index is 12.9. The molecule has 9 heteroatoms. The van der Waals surface area contributed by atoms with Crippen molar-refractivity contribution >= 4 is 13.7 Å². The molecule has 0 fully saturated rings. The molecule has 3 atom stereocenters. The number of aliphatic hydroxyl groups is 1. The molecule has 70 heavy (non-hydrogen) atoms. The molecule has 0 bridgehead atoms. The summed E-state index contributed by atoms with van der Waals surface area (Å²) in [7, 11) is 1.53. The predicted octanol–water partition coefficient (Wildman–Crippen LogP) is 17.0. The molecule has 8 nitrogen and oxygen atoms in total. The van der Waals surface area contributed by atoms with Gasteiger partial charge in [0.1, 0.15) is 13.2 Å². The molecule has 0 radical (unpaired) electrons. The Morgan fingerprint density at radius 2 is 0.871 bits per heavy atom. The SMILES string of the molecule is CC/C=C\C/C=C\C/C=C\C/C=C\C/C=C\C/C=C\C/C=C\CCCCCCCCCCCCCCCCCC(=O)NC(COP(=O)(O)OCC[N+](C)(C)C)C(O)/C=C/CC/C=C/CC/C=C/CCC. The standard InChI is InChI=1S/C61H105N2O6P/c1-6-8-10-12-14-16-18-19-20-21-22-23-24-25-26-27-28-29-30-31-32-33-34-35-36-37-38-39-40-41-42-43-45-47-49-51-53-55-61(65)62-59(58-69-70(66,67)68-57-56-63(3,4)5)60(64)54-52-50-48-46-44-17-15-13-11-9-7-2/h8,10-11,13-14,16,19-20,22-23,25-26,28-29,31-32,44,46,52,54,59-60,64H,6-7,9,12,15,17-18,21,24,27,30,33-43,45,47-51,53,55-58H2,1-5H3,(H-,62,65,66,67)/p+1/b10-8-,13-11+,16-14-,20-19-,23-22-,26-25-,29-28-,32-31-,46-44+,54-52+. The van der Waals surface area contributed by atoms with Crippen LogP contribution in [0.2, 0.25) is 0 Å². The first-order valence-electron chi connectivity index (χ1n) is 27.9. The van der Waals surface area contributed by atoms with Crippen molar-refractivity contribution in [3.05, 3.63) is 122 Å². The Balaban J connectivity index is 4.03. The first-order chi connectivity index (χ1) is 34.0. The molecular formula is C61H106N2O6P+. The number of allylic oxidation sites excluding steroid dienone is 19. The van der Waals surface area contributed by atoms with Crippen molar-refractivity contribution in [1.82, 2.24) is 5.32 Å². The highest BCUT2D eigenvalue weighted by Crippen LogP contribution is 2.43. The third-order valence-electron chi connectivity index (χ3n) is 11.6. The maximum atomic E-state index is 12.9. The second kappa shape index (κ2) is 50.8. The third kappa shape index (κ3) is 52.7. The minimum Gasteiger partial charge on any atom is -0.387 e. The predicted molar refractivity (Wildman–Crippen MR) is 304 cm³/mol. The van der Waals surface area contributed by atoms with E-state index in [1.165, 1.54) is 89.9 Å². The Morgan fingerprint density at radius 1 is 0.500 bits per heavy atom. The van der Waals surface area contributed by atoms with Crippen molar-refractivity contribution in [2.24, 2.45) is 0 Å². The van der Waals surface area contributed by atoms with Gasteiger partial charge >= 0.3 is 7.82 Å². The van der Waals surface area contributed by atoms with Crippen LogP contribution in [0.3, 0.4) is 0 Å². The zero-order valence-corrected chi connectivity index (χ0v) is 46.4. The Hall–Kier alpha value is -3.10. The molecule has 0 rings (SSSR count). The minimum absolute atomic E-state index is 0.0486. The van der Waals surface area contributed by atoms with Gasteiger partial charge in [0, 0.05) is 6.42 Å². The summed E-state index contributed by atoms with van der Waals surface area (Å²) in [6.07, 6.45) is 76.0. The molecule has 0 saturated carbocycles. The van der Waals surface area contributed by atoms with Gasteiger partial charge in [-0.05, 0) is 96.3 Å². The number of aliphatic hydroxyl groups excluding tert-OH is 1. The summed E-state index contributed by atoms with van der Waals surface area (Å²) in [5, 5.41) is 13.8. The average Bonchev–Trinajstić information content (AvgIpc) is 3.32. The van der Waals surface area contributed by atoms with Crippen molar-refractivity contribution in [2.45, 2.75) is 219 Å². The van der Waals surface area contributed by atoms with Crippen LogP contribution in [0.4, 0.5) is 0 Å². The van der Waals surface area contributed by atoms with E-state index in [1.807, 2.05) is 27.2 Å². The first-order valence-corrected chi connectivity index (χ1v) is 29.4. The number of quaternary nitrogens is 1. The van der Waals surface area contributed by atoms with E-state index >= 15 is 0 Å². The molecule has 1 amide bonds. The summed E-state index contributed by atoms with van der Waals surface area (Å²) in [5.41, 5.74) is 0. The summed E-state index contributed by atoms with van der Waals surface area (Å²) in [6, 6.07) is -0.875. The maximum Gasteiger partial charge on any atom is 0.472 e.